The minimum absolute atomic E-state index is 0.0916. The Hall–Kier alpha value is -0.593. The predicted octanol–water partition coefficient (Wildman–Crippen LogP) is 4.02. The van der Waals surface area contributed by atoms with E-state index < -0.39 is 13.9 Å². The van der Waals surface area contributed by atoms with Gasteiger partial charge >= 0.3 is 6.09 Å². The maximum Gasteiger partial charge on any atom is 0.410 e. The molecule has 0 radical (unpaired) electrons. The molecule has 5 nitrogen and oxygen atoms in total. The number of carbonyl (C=O) groups is 1. The van der Waals surface area contributed by atoms with Crippen molar-refractivity contribution in [1.82, 2.24) is 4.90 Å². The molecule has 1 amide bonds. The lowest BCUT2D eigenvalue weighted by atomic mass is 10.1. The van der Waals surface area contributed by atoms with Crippen LogP contribution in [0.3, 0.4) is 0 Å². The topological polar surface area (TPSA) is 59.0 Å². The predicted molar refractivity (Wildman–Crippen MR) is 97.3 cm³/mol. The van der Waals surface area contributed by atoms with Crippen molar-refractivity contribution in [3.63, 3.8) is 0 Å². The molecule has 0 saturated carbocycles. The highest BCUT2D eigenvalue weighted by atomic mass is 28.4. The number of rotatable bonds is 7. The van der Waals surface area contributed by atoms with Gasteiger partial charge in [-0.15, -0.1) is 0 Å². The summed E-state index contributed by atoms with van der Waals surface area (Å²) in [5.41, 5.74) is -0.521. The van der Waals surface area contributed by atoms with Crippen LogP contribution in [0.4, 0.5) is 4.79 Å². The van der Waals surface area contributed by atoms with Gasteiger partial charge in [-0.3, -0.25) is 0 Å². The van der Waals surface area contributed by atoms with Crippen LogP contribution < -0.4 is 0 Å². The van der Waals surface area contributed by atoms with E-state index in [0.717, 1.165) is 0 Å². The second-order valence-corrected chi connectivity index (χ2v) is 13.5. The molecule has 1 N–H and O–H groups in total. The van der Waals surface area contributed by atoms with Gasteiger partial charge < -0.3 is 19.2 Å². The summed E-state index contributed by atoms with van der Waals surface area (Å²) in [6.45, 7) is 17.1. The monoisotopic (exact) mass is 347 g/mol. The molecule has 138 valence electrons. The first-order valence-electron chi connectivity index (χ1n) is 8.42. The Bertz CT molecular complexity index is 372. The van der Waals surface area contributed by atoms with Gasteiger partial charge in [0.25, 0.3) is 0 Å². The van der Waals surface area contributed by atoms with Crippen molar-refractivity contribution in [1.29, 1.82) is 0 Å². The summed E-state index contributed by atoms with van der Waals surface area (Å²) in [4.78, 5) is 13.9. The van der Waals surface area contributed by atoms with E-state index in [1.165, 1.54) is 0 Å². The molecular weight excluding hydrogens is 310 g/mol. The van der Waals surface area contributed by atoms with E-state index >= 15 is 0 Å². The molecule has 0 bridgehead atoms. The standard InChI is InChI=1S/C17H37NO4Si/c1-16(2,3)22-15(20)18(7)14(11-10-12-19)13-21-23(8,9)17(4,5)6/h14,19H,10-13H2,1-9H3/t14-/m0/s1. The summed E-state index contributed by atoms with van der Waals surface area (Å²) in [5, 5.41) is 9.24. The molecule has 0 aromatic heterocycles. The van der Waals surface area contributed by atoms with Crippen molar-refractivity contribution in [2.24, 2.45) is 0 Å². The van der Waals surface area contributed by atoms with Gasteiger partial charge in [0, 0.05) is 13.7 Å². The van der Waals surface area contributed by atoms with E-state index in [-0.39, 0.29) is 23.8 Å². The van der Waals surface area contributed by atoms with Gasteiger partial charge in [-0.25, -0.2) is 4.79 Å². The summed E-state index contributed by atoms with van der Waals surface area (Å²) in [7, 11) is -0.134. The second kappa shape index (κ2) is 8.49. The van der Waals surface area contributed by atoms with Crippen LogP contribution in [0.5, 0.6) is 0 Å². The average molecular weight is 348 g/mol. The maximum atomic E-state index is 12.3. The number of amides is 1. The summed E-state index contributed by atoms with van der Waals surface area (Å²) in [6, 6.07) is -0.0916. The molecule has 0 aliphatic rings. The maximum absolute atomic E-state index is 12.3. The van der Waals surface area contributed by atoms with Crippen LogP contribution in [-0.2, 0) is 9.16 Å². The van der Waals surface area contributed by atoms with E-state index in [2.05, 4.69) is 33.9 Å². The normalized spacial score (nSPS) is 14.5. The minimum atomic E-state index is -1.88. The number of carbonyl (C=O) groups excluding carboxylic acids is 1. The van der Waals surface area contributed by atoms with Crippen molar-refractivity contribution in [2.75, 3.05) is 20.3 Å². The number of hydrogen-bond acceptors (Lipinski definition) is 4. The Kier molecular flexibility index (Phi) is 8.27. The number of likely N-dealkylation sites (N-methyl/N-ethyl adjacent to an activating group) is 1. The van der Waals surface area contributed by atoms with E-state index in [9.17, 15) is 4.79 Å². The van der Waals surface area contributed by atoms with Gasteiger partial charge in [-0.1, -0.05) is 20.8 Å². The third kappa shape index (κ3) is 8.17. The molecule has 0 aliphatic carbocycles. The zero-order valence-corrected chi connectivity index (χ0v) is 17.5. The molecule has 0 aromatic rings. The molecule has 0 rings (SSSR count). The Morgan fingerprint density at radius 3 is 2.09 bits per heavy atom. The third-order valence-corrected chi connectivity index (χ3v) is 8.87. The van der Waals surface area contributed by atoms with Crippen molar-refractivity contribution in [2.45, 2.75) is 84.2 Å². The molecule has 0 spiro atoms. The highest BCUT2D eigenvalue weighted by Gasteiger charge is 2.38. The van der Waals surface area contributed by atoms with Crippen LogP contribution in [0, 0.1) is 0 Å². The van der Waals surface area contributed by atoms with Gasteiger partial charge in [0.2, 0.25) is 0 Å². The SMILES string of the molecule is CN(C(=O)OC(C)(C)C)[C@@H](CCCO)CO[Si](C)(C)C(C)(C)C. The first-order valence-corrected chi connectivity index (χ1v) is 11.3. The van der Waals surface area contributed by atoms with Crippen LogP contribution in [0.15, 0.2) is 0 Å². The zero-order chi connectivity index (χ0) is 18.5. The summed E-state index contributed by atoms with van der Waals surface area (Å²) in [5.74, 6) is 0. The lowest BCUT2D eigenvalue weighted by molar-refractivity contribution is 0.0152. The molecular formula is C17H37NO4Si. The van der Waals surface area contributed by atoms with Crippen LogP contribution >= 0.6 is 0 Å². The van der Waals surface area contributed by atoms with Gasteiger partial charge in [0.05, 0.1) is 12.6 Å². The second-order valence-electron chi connectivity index (χ2n) is 8.68. The Balaban J connectivity index is 4.91. The molecule has 1 atom stereocenters. The van der Waals surface area contributed by atoms with Crippen molar-refractivity contribution in [3.8, 4) is 0 Å². The van der Waals surface area contributed by atoms with E-state index in [1.807, 2.05) is 20.8 Å². The van der Waals surface area contributed by atoms with Crippen LogP contribution in [-0.4, -0.2) is 56.3 Å². The van der Waals surface area contributed by atoms with Crippen molar-refractivity contribution >= 4 is 14.4 Å². The van der Waals surface area contributed by atoms with E-state index in [1.54, 1.807) is 11.9 Å². The number of ether oxygens (including phenoxy) is 1. The molecule has 23 heavy (non-hydrogen) atoms. The summed E-state index contributed by atoms with van der Waals surface area (Å²) in [6.07, 6.45) is 0.985. The molecule has 0 unspecified atom stereocenters. The molecule has 0 aliphatic heterocycles. The van der Waals surface area contributed by atoms with Crippen molar-refractivity contribution < 1.29 is 19.1 Å². The lowest BCUT2D eigenvalue weighted by Crippen LogP contribution is -2.47. The fourth-order valence-electron chi connectivity index (χ4n) is 1.72. The van der Waals surface area contributed by atoms with Crippen LogP contribution in [0.25, 0.3) is 0 Å². The van der Waals surface area contributed by atoms with Gasteiger partial charge in [-0.2, -0.15) is 0 Å². The first-order chi connectivity index (χ1) is 10.2. The van der Waals surface area contributed by atoms with Gasteiger partial charge in [0.15, 0.2) is 8.32 Å². The van der Waals surface area contributed by atoms with Crippen LogP contribution in [0.2, 0.25) is 18.1 Å². The van der Waals surface area contributed by atoms with Crippen LogP contribution in [0.1, 0.15) is 54.4 Å². The number of aliphatic hydroxyl groups is 1. The Morgan fingerprint density at radius 1 is 1.17 bits per heavy atom. The summed E-state index contributed by atoms with van der Waals surface area (Å²) >= 11 is 0. The quantitative estimate of drug-likeness (QED) is 0.707. The smallest absolute Gasteiger partial charge is 0.410 e. The highest BCUT2D eigenvalue weighted by Crippen LogP contribution is 2.36. The first kappa shape index (κ1) is 22.4. The highest BCUT2D eigenvalue weighted by molar-refractivity contribution is 6.74. The third-order valence-electron chi connectivity index (χ3n) is 4.37. The lowest BCUT2D eigenvalue weighted by Gasteiger charge is -2.39. The molecule has 0 aromatic carbocycles. The zero-order valence-electron chi connectivity index (χ0n) is 16.5. The number of hydrogen-bond donors (Lipinski definition) is 1. The Morgan fingerprint density at radius 2 is 1.70 bits per heavy atom. The number of aliphatic hydroxyl groups excluding tert-OH is 1. The van der Waals surface area contributed by atoms with Crippen molar-refractivity contribution in [3.05, 3.63) is 0 Å². The molecule has 6 heteroatoms. The Labute approximate surface area is 143 Å². The fraction of sp³-hybridized carbons (Fsp3) is 0.941. The van der Waals surface area contributed by atoms with Gasteiger partial charge in [-0.05, 0) is 51.7 Å². The fourth-order valence-corrected chi connectivity index (χ4v) is 2.76. The molecule has 0 fully saturated rings. The average Bonchev–Trinajstić information content (AvgIpc) is 2.34. The number of nitrogens with zero attached hydrogens (tertiary/aromatic N) is 1. The van der Waals surface area contributed by atoms with E-state index in [4.69, 9.17) is 14.3 Å². The molecule has 0 heterocycles. The largest absolute Gasteiger partial charge is 0.444 e. The minimum Gasteiger partial charge on any atom is -0.444 e. The van der Waals surface area contributed by atoms with E-state index in [0.29, 0.717) is 19.4 Å². The molecule has 0 saturated heterocycles. The summed E-state index contributed by atoms with van der Waals surface area (Å²) < 4.78 is 11.7. The van der Waals surface area contributed by atoms with Gasteiger partial charge in [0.1, 0.15) is 5.60 Å².